The van der Waals surface area contributed by atoms with Gasteiger partial charge in [-0.25, -0.2) is 9.97 Å². The van der Waals surface area contributed by atoms with E-state index >= 15 is 0 Å². The van der Waals surface area contributed by atoms with Crippen LogP contribution in [0.1, 0.15) is 28.8 Å². The van der Waals surface area contributed by atoms with Gasteiger partial charge in [0.2, 0.25) is 11.9 Å². The van der Waals surface area contributed by atoms with Gasteiger partial charge in [-0.05, 0) is 41.8 Å². The van der Waals surface area contributed by atoms with E-state index in [4.69, 9.17) is 5.73 Å². The number of nitrogens with two attached hydrogens (primary N) is 1. The Labute approximate surface area is 191 Å². The minimum atomic E-state index is -0.799. The molecular formula is C24H27N5O2S. The molecule has 0 aliphatic carbocycles. The fraction of sp³-hybridized carbons (Fsp3) is 0.333. The lowest BCUT2D eigenvalue weighted by molar-refractivity contribution is -0.130. The van der Waals surface area contributed by atoms with Crippen molar-refractivity contribution in [2.45, 2.75) is 19.3 Å². The first-order valence-corrected chi connectivity index (χ1v) is 11.5. The molecule has 0 spiro atoms. The first kappa shape index (κ1) is 22.0. The fourth-order valence-electron chi connectivity index (χ4n) is 4.25. The Hall–Kier alpha value is -3.26. The fourth-order valence-corrected chi connectivity index (χ4v) is 4.97. The van der Waals surface area contributed by atoms with Crippen LogP contribution >= 0.6 is 11.3 Å². The number of anilines is 1. The van der Waals surface area contributed by atoms with E-state index in [0.29, 0.717) is 37.4 Å². The van der Waals surface area contributed by atoms with Crippen molar-refractivity contribution in [3.63, 3.8) is 0 Å². The highest BCUT2D eigenvalue weighted by Gasteiger charge is 2.42. The zero-order valence-corrected chi connectivity index (χ0v) is 19.1. The molecule has 2 aromatic heterocycles. The van der Waals surface area contributed by atoms with Crippen molar-refractivity contribution in [2.24, 2.45) is 11.1 Å². The predicted molar refractivity (Wildman–Crippen MR) is 127 cm³/mol. The minimum absolute atomic E-state index is 0.173. The summed E-state index contributed by atoms with van der Waals surface area (Å²) in [5.41, 5.74) is 7.71. The molecule has 3 aromatic rings. The molecule has 0 radical (unpaired) electrons. The molecular weight excluding hydrogens is 422 g/mol. The lowest BCUT2D eigenvalue weighted by atomic mass is 9.74. The minimum Gasteiger partial charge on any atom is -0.369 e. The summed E-state index contributed by atoms with van der Waals surface area (Å²) in [6, 6.07) is 12.3. The van der Waals surface area contributed by atoms with E-state index in [0.717, 1.165) is 17.5 Å². The average molecular weight is 450 g/mol. The molecule has 1 atom stereocenters. The van der Waals surface area contributed by atoms with Crippen molar-refractivity contribution in [3.8, 4) is 10.4 Å². The number of amides is 2. The highest BCUT2D eigenvalue weighted by molar-refractivity contribution is 7.13. The maximum Gasteiger partial charge on any atom is 0.257 e. The summed E-state index contributed by atoms with van der Waals surface area (Å²) < 4.78 is 0. The Bertz CT molecular complexity index is 1100. The molecule has 3 heterocycles. The third-order valence-electron chi connectivity index (χ3n) is 5.95. The number of carbonyl (C=O) groups is 2. The standard InChI is InChI=1S/C24H27N5O2S/c1-28(2)23-26-14-19(15-27-23)21(30)29-10-5-9-24(16-29,22(25)31)13-17-6-3-7-18(12-17)20-8-4-11-32-20/h3-4,6-8,11-12,14-15H,5,9-10,13,16H2,1-2H3,(H2,25,31)/t24-/m1/s1. The van der Waals surface area contributed by atoms with Crippen LogP contribution in [0, 0.1) is 5.41 Å². The highest BCUT2D eigenvalue weighted by atomic mass is 32.1. The average Bonchev–Trinajstić information content (AvgIpc) is 3.34. The Balaban J connectivity index is 1.56. The topological polar surface area (TPSA) is 92.4 Å². The molecule has 0 saturated carbocycles. The summed E-state index contributed by atoms with van der Waals surface area (Å²) in [5.74, 6) is 0.000925. The van der Waals surface area contributed by atoms with Crippen LogP contribution in [0.3, 0.4) is 0 Å². The van der Waals surface area contributed by atoms with Crippen molar-refractivity contribution in [3.05, 3.63) is 65.3 Å². The van der Waals surface area contributed by atoms with Gasteiger partial charge in [-0.1, -0.05) is 30.3 Å². The zero-order valence-electron chi connectivity index (χ0n) is 18.3. The van der Waals surface area contributed by atoms with Gasteiger partial charge in [0.25, 0.3) is 5.91 Å². The van der Waals surface area contributed by atoms with Crippen molar-refractivity contribution in [2.75, 3.05) is 32.1 Å². The first-order chi connectivity index (χ1) is 15.4. The highest BCUT2D eigenvalue weighted by Crippen LogP contribution is 2.35. The summed E-state index contributed by atoms with van der Waals surface area (Å²) in [4.78, 5) is 39.0. The number of thiophene rings is 1. The number of likely N-dealkylation sites (tertiary alicyclic amines) is 1. The van der Waals surface area contributed by atoms with Crippen LogP contribution in [-0.2, 0) is 11.2 Å². The Kier molecular flexibility index (Phi) is 6.23. The number of hydrogen-bond acceptors (Lipinski definition) is 6. The van der Waals surface area contributed by atoms with Crippen LogP contribution in [-0.4, -0.2) is 53.9 Å². The van der Waals surface area contributed by atoms with Gasteiger partial charge in [0.15, 0.2) is 0 Å². The van der Waals surface area contributed by atoms with E-state index in [1.165, 1.54) is 17.3 Å². The van der Waals surface area contributed by atoms with Crippen molar-refractivity contribution >= 4 is 29.1 Å². The molecule has 166 valence electrons. The van der Waals surface area contributed by atoms with Crippen LogP contribution in [0.15, 0.2) is 54.2 Å². The maximum absolute atomic E-state index is 13.1. The molecule has 1 fully saturated rings. The Morgan fingerprint density at radius 2 is 1.97 bits per heavy atom. The van der Waals surface area contributed by atoms with Crippen LogP contribution in [0.4, 0.5) is 5.95 Å². The van der Waals surface area contributed by atoms with Gasteiger partial charge in [-0.3, -0.25) is 9.59 Å². The van der Waals surface area contributed by atoms with Crippen LogP contribution in [0.5, 0.6) is 0 Å². The quantitative estimate of drug-likeness (QED) is 0.624. The van der Waals surface area contributed by atoms with Crippen LogP contribution in [0.25, 0.3) is 10.4 Å². The number of hydrogen-bond donors (Lipinski definition) is 1. The van der Waals surface area contributed by atoms with Gasteiger partial charge in [0.1, 0.15) is 0 Å². The second-order valence-corrected chi connectivity index (χ2v) is 9.44. The van der Waals surface area contributed by atoms with Crippen LogP contribution < -0.4 is 10.6 Å². The normalized spacial score (nSPS) is 18.4. The monoisotopic (exact) mass is 449 g/mol. The Morgan fingerprint density at radius 3 is 2.62 bits per heavy atom. The number of primary amides is 1. The number of aromatic nitrogens is 2. The van der Waals surface area contributed by atoms with Gasteiger partial charge >= 0.3 is 0 Å². The number of nitrogens with zero attached hydrogens (tertiary/aromatic N) is 4. The van der Waals surface area contributed by atoms with Crippen molar-refractivity contribution < 1.29 is 9.59 Å². The van der Waals surface area contributed by atoms with Gasteiger partial charge in [0, 0.05) is 44.5 Å². The first-order valence-electron chi connectivity index (χ1n) is 10.6. The molecule has 1 aliphatic rings. The smallest absolute Gasteiger partial charge is 0.257 e. The van der Waals surface area contributed by atoms with E-state index in [1.54, 1.807) is 21.1 Å². The van der Waals surface area contributed by atoms with Crippen molar-refractivity contribution in [1.82, 2.24) is 14.9 Å². The lowest BCUT2D eigenvalue weighted by Gasteiger charge is -2.41. The third kappa shape index (κ3) is 4.50. The van der Waals surface area contributed by atoms with E-state index in [9.17, 15) is 9.59 Å². The molecule has 7 nitrogen and oxygen atoms in total. The largest absolute Gasteiger partial charge is 0.369 e. The third-order valence-corrected chi connectivity index (χ3v) is 6.87. The molecule has 8 heteroatoms. The number of piperidine rings is 1. The van der Waals surface area contributed by atoms with Crippen molar-refractivity contribution in [1.29, 1.82) is 0 Å². The summed E-state index contributed by atoms with van der Waals surface area (Å²) >= 11 is 1.68. The summed E-state index contributed by atoms with van der Waals surface area (Å²) in [6.45, 7) is 0.873. The summed E-state index contributed by atoms with van der Waals surface area (Å²) in [5, 5.41) is 2.05. The van der Waals surface area contributed by atoms with Gasteiger partial charge in [-0.15, -0.1) is 11.3 Å². The van der Waals surface area contributed by atoms with Gasteiger partial charge in [0.05, 0.1) is 11.0 Å². The molecule has 1 aromatic carbocycles. The molecule has 0 unspecified atom stereocenters. The number of benzene rings is 1. The maximum atomic E-state index is 13.1. The Morgan fingerprint density at radius 1 is 1.19 bits per heavy atom. The van der Waals surface area contributed by atoms with E-state index in [2.05, 4.69) is 28.2 Å². The zero-order chi connectivity index (χ0) is 22.7. The molecule has 1 saturated heterocycles. The van der Waals surface area contributed by atoms with E-state index in [-0.39, 0.29) is 11.8 Å². The molecule has 32 heavy (non-hydrogen) atoms. The molecule has 2 N–H and O–H groups in total. The molecule has 4 rings (SSSR count). The van der Waals surface area contributed by atoms with E-state index in [1.807, 2.05) is 37.7 Å². The lowest BCUT2D eigenvalue weighted by Crippen LogP contribution is -2.53. The predicted octanol–water partition coefficient (Wildman–Crippen LogP) is 3.22. The number of carbonyl (C=O) groups excluding carboxylic acids is 2. The van der Waals surface area contributed by atoms with Gasteiger partial charge in [-0.2, -0.15) is 0 Å². The second-order valence-electron chi connectivity index (χ2n) is 8.50. The van der Waals surface area contributed by atoms with Gasteiger partial charge < -0.3 is 15.5 Å². The SMILES string of the molecule is CN(C)c1ncc(C(=O)N2CCC[C@](Cc3cccc(-c4cccs4)c3)(C(N)=O)C2)cn1. The van der Waals surface area contributed by atoms with E-state index < -0.39 is 5.41 Å². The number of rotatable bonds is 6. The molecule has 2 amide bonds. The second kappa shape index (κ2) is 9.08. The molecule has 0 bridgehead atoms. The van der Waals surface area contributed by atoms with Crippen LogP contribution in [0.2, 0.25) is 0 Å². The summed E-state index contributed by atoms with van der Waals surface area (Å²) in [6.07, 6.45) is 4.95. The summed E-state index contributed by atoms with van der Waals surface area (Å²) in [7, 11) is 3.69. The molecule has 1 aliphatic heterocycles.